The normalized spacial score (nSPS) is 17.3. The molecule has 0 bridgehead atoms. The number of nitrogens with zero attached hydrogens (tertiary/aromatic N) is 15. The molecule has 10 rings (SSSR count). The molecule has 0 spiro atoms. The molecule has 0 aliphatic carbocycles. The Bertz CT molecular complexity index is 2900. The van der Waals surface area contributed by atoms with Crippen LogP contribution in [0.3, 0.4) is 0 Å². The molecular formula is C66H117B10Ir5N15Si5-5. The Balaban J connectivity index is 0.000000624. The number of para-hydroxylation sites is 5. The number of unbranched alkanes of at least 4 members (excludes halogenated alkanes) is 6. The number of hydrogen-bond donors (Lipinski definition) is 0. The van der Waals surface area contributed by atoms with Crippen LogP contribution in [-0.4, -0.2) is 232 Å². The van der Waals surface area contributed by atoms with E-state index < -0.39 is 0 Å². The van der Waals surface area contributed by atoms with Crippen LogP contribution in [0.5, 0.6) is 0 Å². The standard InChI is InChI=1S/C15H27B2N3Si.C14H25B2N3Si.C13H23B2N3Si.2C12H21B2N3Si.5Ir/c1-5-6-7-11-14-19-16(2)18(4)21-20(17(19)3)15-12-9-8-10-13-15;1-5-6-10-13-18-15(2)17(4)20-19(16(18)3)14-11-8-7-9-12-14;1-5-6-12-17-14(2)16(4)19-18(15(17)3)13-10-8-7-9-11-13;1-11(2)16-13(3)15(5)18-17(14(16)4)12-9-7-6-8-10-12;1-5-11-16-13(2)15(4)18-17(14(16)3)12-9-7-6-8-10-12;;;;;/h8-10,12,21H,5-7,11,14H2,1-4H3;7-9,11,20H,5-6,10,13H2,1-4H3;7-10,19H,5-6,12H2,1-4H3;6-9,11,18H,1-5H3;6-9,18H,5,11H2,1-4H3;;;;;/q5*-1;;;;;. The van der Waals surface area contributed by atoms with Gasteiger partial charge in [0.05, 0.1) is 0 Å². The molecule has 556 valence electrons. The van der Waals surface area contributed by atoms with Gasteiger partial charge in [0.15, 0.2) is 0 Å². The Morgan fingerprint density at radius 2 is 0.525 bits per heavy atom. The van der Waals surface area contributed by atoms with Gasteiger partial charge in [0.25, 0.3) is 34.9 Å². The molecule has 0 saturated carbocycles. The number of anilines is 5. The number of rotatable bonds is 20. The maximum absolute atomic E-state index is 3.39. The van der Waals surface area contributed by atoms with Crippen molar-refractivity contribution in [3.63, 3.8) is 0 Å². The van der Waals surface area contributed by atoms with E-state index in [1.165, 1.54) is 112 Å². The van der Waals surface area contributed by atoms with Crippen molar-refractivity contribution in [3.05, 3.63) is 152 Å². The minimum Gasteiger partial charge on any atom is -0.442 e. The average Bonchev–Trinajstić information content (AvgIpc) is 0.818. The Hall–Kier alpha value is -0.319. The molecule has 5 heterocycles. The van der Waals surface area contributed by atoms with Crippen LogP contribution in [0.15, 0.2) is 121 Å². The van der Waals surface area contributed by atoms with Crippen molar-refractivity contribution >= 4 is 147 Å². The second-order valence-corrected chi connectivity index (χ2v) is 35.1. The zero-order valence-corrected chi connectivity index (χ0v) is 82.8. The summed E-state index contributed by atoms with van der Waals surface area (Å²) < 4.78 is 37.9. The summed E-state index contributed by atoms with van der Waals surface area (Å²) in [6, 6.07) is 59.0. The topological polar surface area (TPSA) is 48.6 Å². The predicted molar refractivity (Wildman–Crippen MR) is 442 cm³/mol. The van der Waals surface area contributed by atoms with E-state index in [1.807, 2.05) is 60.7 Å². The van der Waals surface area contributed by atoms with Crippen molar-refractivity contribution in [2.45, 2.75) is 180 Å². The summed E-state index contributed by atoms with van der Waals surface area (Å²) >= 11 is 0. The van der Waals surface area contributed by atoms with Gasteiger partial charge in [-0.3, -0.25) is 0 Å². The first-order valence-corrected chi connectivity index (χ1v) is 41.7. The first-order chi connectivity index (χ1) is 46.1. The van der Waals surface area contributed by atoms with Crippen molar-refractivity contribution in [2.75, 3.05) is 83.8 Å². The molecule has 5 aliphatic heterocycles. The molecular weight excluding hydrogens is 2210 g/mol. The minimum atomic E-state index is 0. The van der Waals surface area contributed by atoms with Crippen LogP contribution < -0.4 is 22.4 Å². The molecule has 5 aliphatic rings. The molecule has 101 heavy (non-hydrogen) atoms. The van der Waals surface area contributed by atoms with Gasteiger partial charge in [0.2, 0.25) is 49.2 Å². The molecule has 5 fully saturated rings. The van der Waals surface area contributed by atoms with E-state index in [1.54, 1.807) is 0 Å². The summed E-state index contributed by atoms with van der Waals surface area (Å²) in [6.07, 6.45) is 12.9. The summed E-state index contributed by atoms with van der Waals surface area (Å²) in [6.45, 7) is 46.5. The molecule has 0 N–H and O–H groups in total. The van der Waals surface area contributed by atoms with Crippen molar-refractivity contribution in [1.82, 2.24) is 46.0 Å². The Labute approximate surface area is 702 Å². The van der Waals surface area contributed by atoms with Gasteiger partial charge in [-0.25, -0.2) is 0 Å². The molecule has 5 saturated heterocycles. The smallest absolute Gasteiger partial charge is 0.320 e. The first kappa shape index (κ1) is 98.7. The van der Waals surface area contributed by atoms with Crippen LogP contribution in [-0.2, 0) is 101 Å². The third-order valence-corrected chi connectivity index (χ3v) is 29.0. The molecule has 0 amide bonds. The fourth-order valence-corrected chi connectivity index (χ4v) is 20.7. The molecule has 0 aromatic heterocycles. The minimum absolute atomic E-state index is 0. The average molecular weight is 2330 g/mol. The summed E-state index contributed by atoms with van der Waals surface area (Å²) in [5.74, 6) is 0. The van der Waals surface area contributed by atoms with Gasteiger partial charge in [0, 0.05) is 101 Å². The monoisotopic (exact) mass is 2330 g/mol. The van der Waals surface area contributed by atoms with E-state index in [2.05, 4.69) is 304 Å². The Morgan fingerprint density at radius 3 is 0.772 bits per heavy atom. The van der Waals surface area contributed by atoms with Crippen LogP contribution in [0.2, 0.25) is 68.2 Å². The van der Waals surface area contributed by atoms with E-state index in [-0.39, 0.29) is 150 Å². The first-order valence-electron chi connectivity index (χ1n) is 36.5. The van der Waals surface area contributed by atoms with Crippen molar-refractivity contribution < 1.29 is 101 Å². The van der Waals surface area contributed by atoms with Crippen LogP contribution in [0.1, 0.15) is 106 Å². The fourth-order valence-electron chi connectivity index (χ4n) is 13.7. The largest absolute Gasteiger partial charge is 0.442 e. The van der Waals surface area contributed by atoms with Gasteiger partial charge in [-0.05, 0) is 93.1 Å². The quantitative estimate of drug-likeness (QED) is 0.0422. The number of hydrogen-bond acceptors (Lipinski definition) is 15. The van der Waals surface area contributed by atoms with E-state index in [4.69, 9.17) is 0 Å². The maximum Gasteiger partial charge on any atom is 0.320 e. The SMILES string of the molecule is CB1N(C)[SiH]N(c2[c-]cccc2)B(C)N1C(C)C.CCCCCCN1B(C)N(C)[SiH]N(c2[c-]cccc2)B1C.CCCCCN1B(C)N(C)[SiH]N(c2[c-]cccc2)B1C.CCCCN1B(C)N(C)[SiH]N(c2[c-]cccc2)B1C.CCCN1B(C)N(C)[SiH]N(c2[c-]cccc2)B1C.[Ir].[Ir].[Ir].[Ir].[Ir]. The molecule has 5 aromatic carbocycles. The van der Waals surface area contributed by atoms with Gasteiger partial charge in [-0.1, -0.05) is 177 Å². The second-order valence-electron chi connectivity index (χ2n) is 27.1. The zero-order chi connectivity index (χ0) is 70.0. The fraction of sp³-hybridized carbons (Fsp3) is 0.545. The van der Waals surface area contributed by atoms with Crippen LogP contribution in [0.4, 0.5) is 28.4 Å². The van der Waals surface area contributed by atoms with Gasteiger partial charge in [-0.15, -0.1) is 30.3 Å². The summed E-state index contributed by atoms with van der Waals surface area (Å²) in [5.41, 5.74) is 6.13. The second kappa shape index (κ2) is 52.0. The van der Waals surface area contributed by atoms with Crippen LogP contribution >= 0.6 is 0 Å². The molecule has 10 radical (unpaired) electrons. The summed E-state index contributed by atoms with van der Waals surface area (Å²) in [7, 11) is 11.9. The maximum atomic E-state index is 3.39. The van der Waals surface area contributed by atoms with Gasteiger partial charge in [-0.2, -0.15) is 121 Å². The molecule has 15 nitrogen and oxygen atoms in total. The molecule has 0 atom stereocenters. The van der Waals surface area contributed by atoms with E-state index in [0.717, 1.165) is 6.54 Å². The molecule has 35 heteroatoms. The van der Waals surface area contributed by atoms with Crippen molar-refractivity contribution in [2.24, 2.45) is 0 Å². The predicted octanol–water partition coefficient (Wildman–Crippen LogP) is 9.59. The van der Waals surface area contributed by atoms with Crippen molar-refractivity contribution in [3.8, 4) is 0 Å². The van der Waals surface area contributed by atoms with Gasteiger partial charge in [0.1, 0.15) is 0 Å². The zero-order valence-electron chi connectivity index (χ0n) is 65.1. The van der Waals surface area contributed by atoms with Gasteiger partial charge < -0.3 is 68.4 Å². The summed E-state index contributed by atoms with van der Waals surface area (Å²) in [5, 5.41) is 0. The molecule has 5 aromatic rings. The Morgan fingerprint density at radius 1 is 0.287 bits per heavy atom. The third kappa shape index (κ3) is 28.8. The van der Waals surface area contributed by atoms with Crippen LogP contribution in [0.25, 0.3) is 0 Å². The van der Waals surface area contributed by atoms with Gasteiger partial charge >= 0.3 is 34.9 Å². The summed E-state index contributed by atoms with van der Waals surface area (Å²) in [4.78, 5) is 0. The van der Waals surface area contributed by atoms with E-state index in [0.29, 0.717) is 75.9 Å². The van der Waals surface area contributed by atoms with Crippen molar-refractivity contribution in [1.29, 1.82) is 0 Å². The number of benzene rings is 5. The van der Waals surface area contributed by atoms with Crippen LogP contribution in [0, 0.1) is 30.3 Å². The molecule has 0 unspecified atom stereocenters. The Kier molecular flexibility index (Phi) is 50.8. The van der Waals surface area contributed by atoms with E-state index in [9.17, 15) is 0 Å². The van der Waals surface area contributed by atoms with E-state index >= 15 is 0 Å². The third-order valence-electron chi connectivity index (χ3n) is 20.2.